The Kier molecular flexibility index (Phi) is 7.68. The number of anilines is 1. The van der Waals surface area contributed by atoms with E-state index in [-0.39, 0.29) is 24.1 Å². The summed E-state index contributed by atoms with van der Waals surface area (Å²) in [5.41, 5.74) is 5.35. The van der Waals surface area contributed by atoms with Crippen molar-refractivity contribution in [1.29, 1.82) is 0 Å². The van der Waals surface area contributed by atoms with E-state index in [4.69, 9.17) is 0 Å². The maximum Gasteiger partial charge on any atom is 0.257 e. The number of amides is 2. The predicted molar refractivity (Wildman–Crippen MR) is 163 cm³/mol. The fourth-order valence-corrected chi connectivity index (χ4v) is 5.93. The number of rotatable bonds is 9. The molecular weight excluding hydrogens is 528 g/mol. The molecule has 4 aromatic rings. The molecule has 6 rings (SSSR count). The standard InChI is InChI=1S/C33H38N6O3/c1-4-5-31(40)28-19-34-39(23(28)3)26-9-7-24(8-10-26)35-33(42)29-20-38(30-13-6-22(2)18-27(29)30)21-32(41)37-16-14-36(15-17-37)25-11-12-25/h6-10,13,18-20,25H,4-5,11-12,14-17,21H2,1-3H3,(H,35,42). The number of aryl methyl sites for hydroxylation is 1. The van der Waals surface area contributed by atoms with Crippen LogP contribution in [0.4, 0.5) is 5.69 Å². The molecule has 3 heterocycles. The summed E-state index contributed by atoms with van der Waals surface area (Å²) in [6.45, 7) is 9.47. The van der Waals surface area contributed by atoms with Crippen LogP contribution in [-0.4, -0.2) is 74.0 Å². The Hall–Kier alpha value is -4.24. The number of piperazine rings is 1. The molecule has 2 aromatic heterocycles. The molecular formula is C33H38N6O3. The van der Waals surface area contributed by atoms with Crippen LogP contribution in [0.3, 0.4) is 0 Å². The van der Waals surface area contributed by atoms with Gasteiger partial charge in [0.25, 0.3) is 5.91 Å². The van der Waals surface area contributed by atoms with Gasteiger partial charge in [-0.3, -0.25) is 19.3 Å². The van der Waals surface area contributed by atoms with E-state index in [2.05, 4.69) is 15.3 Å². The molecule has 0 bridgehead atoms. The molecule has 2 aromatic carbocycles. The van der Waals surface area contributed by atoms with Gasteiger partial charge in [-0.15, -0.1) is 0 Å². The Labute approximate surface area is 246 Å². The molecule has 218 valence electrons. The molecule has 9 heteroatoms. The van der Waals surface area contributed by atoms with Crippen LogP contribution in [-0.2, 0) is 11.3 Å². The highest BCUT2D eigenvalue weighted by atomic mass is 16.2. The minimum Gasteiger partial charge on any atom is -0.339 e. The molecule has 42 heavy (non-hydrogen) atoms. The lowest BCUT2D eigenvalue weighted by atomic mass is 10.1. The smallest absolute Gasteiger partial charge is 0.257 e. The first-order valence-corrected chi connectivity index (χ1v) is 14.9. The van der Waals surface area contributed by atoms with Crippen molar-refractivity contribution >= 4 is 34.2 Å². The van der Waals surface area contributed by atoms with Gasteiger partial charge in [0.05, 0.1) is 28.7 Å². The monoisotopic (exact) mass is 566 g/mol. The topological polar surface area (TPSA) is 92.5 Å². The Bertz CT molecular complexity index is 1640. The molecule has 0 spiro atoms. The van der Waals surface area contributed by atoms with Gasteiger partial charge in [0, 0.05) is 61.4 Å². The Morgan fingerprint density at radius 1 is 0.952 bits per heavy atom. The van der Waals surface area contributed by atoms with Crippen LogP contribution in [0.1, 0.15) is 64.6 Å². The fourth-order valence-electron chi connectivity index (χ4n) is 5.93. The summed E-state index contributed by atoms with van der Waals surface area (Å²) in [6, 6.07) is 14.1. The first-order chi connectivity index (χ1) is 20.3. The highest BCUT2D eigenvalue weighted by Crippen LogP contribution is 2.28. The molecule has 2 amide bonds. The van der Waals surface area contributed by atoms with E-state index in [9.17, 15) is 14.4 Å². The molecule has 0 atom stereocenters. The zero-order valence-electron chi connectivity index (χ0n) is 24.6. The number of carbonyl (C=O) groups is 3. The quantitative estimate of drug-likeness (QED) is 0.288. The van der Waals surface area contributed by atoms with E-state index < -0.39 is 0 Å². The molecule has 0 unspecified atom stereocenters. The van der Waals surface area contributed by atoms with Gasteiger partial charge in [-0.05, 0) is 69.5 Å². The van der Waals surface area contributed by atoms with Gasteiger partial charge >= 0.3 is 0 Å². The van der Waals surface area contributed by atoms with E-state index in [1.54, 1.807) is 17.1 Å². The summed E-state index contributed by atoms with van der Waals surface area (Å²) in [4.78, 5) is 43.6. The molecule has 9 nitrogen and oxygen atoms in total. The minimum absolute atomic E-state index is 0.0823. The van der Waals surface area contributed by atoms with Crippen LogP contribution in [0, 0.1) is 13.8 Å². The van der Waals surface area contributed by atoms with Crippen LogP contribution in [0.2, 0.25) is 0 Å². The highest BCUT2D eigenvalue weighted by Gasteiger charge is 2.32. The SMILES string of the molecule is CCCC(=O)c1cnn(-c2ccc(NC(=O)c3cn(CC(=O)N4CCN(C5CC5)CC4)c4ccc(C)cc34)cc2)c1C. The Morgan fingerprint density at radius 2 is 1.69 bits per heavy atom. The molecule has 1 N–H and O–H groups in total. The van der Waals surface area contributed by atoms with E-state index >= 15 is 0 Å². The van der Waals surface area contributed by atoms with Crippen LogP contribution in [0.5, 0.6) is 0 Å². The van der Waals surface area contributed by atoms with Crippen LogP contribution < -0.4 is 5.32 Å². The largest absolute Gasteiger partial charge is 0.339 e. The number of benzene rings is 2. The minimum atomic E-state index is -0.231. The molecule has 2 aliphatic rings. The first-order valence-electron chi connectivity index (χ1n) is 14.9. The summed E-state index contributed by atoms with van der Waals surface area (Å²) in [5, 5.41) is 8.26. The third-order valence-electron chi connectivity index (χ3n) is 8.47. The number of hydrogen-bond donors (Lipinski definition) is 1. The van der Waals surface area contributed by atoms with Crippen molar-refractivity contribution in [3.63, 3.8) is 0 Å². The van der Waals surface area contributed by atoms with Crippen molar-refractivity contribution in [2.24, 2.45) is 0 Å². The van der Waals surface area contributed by atoms with E-state index in [0.29, 0.717) is 23.2 Å². The van der Waals surface area contributed by atoms with Crippen molar-refractivity contribution < 1.29 is 14.4 Å². The van der Waals surface area contributed by atoms with Crippen molar-refractivity contribution in [1.82, 2.24) is 24.1 Å². The second-order valence-electron chi connectivity index (χ2n) is 11.6. The van der Waals surface area contributed by atoms with Crippen molar-refractivity contribution in [2.75, 3.05) is 31.5 Å². The lowest BCUT2D eigenvalue weighted by Gasteiger charge is -2.35. The van der Waals surface area contributed by atoms with E-state index in [0.717, 1.165) is 66.5 Å². The number of hydrogen-bond acceptors (Lipinski definition) is 5. The average Bonchev–Trinajstić information content (AvgIpc) is 3.68. The van der Waals surface area contributed by atoms with Crippen LogP contribution in [0.15, 0.2) is 54.9 Å². The molecule has 1 saturated carbocycles. The summed E-state index contributed by atoms with van der Waals surface area (Å²) < 4.78 is 3.65. The molecule has 0 radical (unpaired) electrons. The maximum absolute atomic E-state index is 13.5. The Morgan fingerprint density at radius 3 is 2.38 bits per heavy atom. The summed E-state index contributed by atoms with van der Waals surface area (Å²) in [5.74, 6) is -0.0540. The zero-order chi connectivity index (χ0) is 29.4. The fraction of sp³-hybridized carbons (Fsp3) is 0.394. The van der Waals surface area contributed by atoms with Crippen molar-refractivity contribution in [3.8, 4) is 5.69 Å². The highest BCUT2D eigenvalue weighted by molar-refractivity contribution is 6.13. The van der Waals surface area contributed by atoms with Crippen molar-refractivity contribution in [3.05, 3.63) is 77.2 Å². The number of nitrogens with zero attached hydrogens (tertiary/aromatic N) is 5. The third-order valence-corrected chi connectivity index (χ3v) is 8.47. The summed E-state index contributed by atoms with van der Waals surface area (Å²) >= 11 is 0. The van der Waals surface area contributed by atoms with Gasteiger partial charge < -0.3 is 14.8 Å². The molecule has 1 aliphatic heterocycles. The van der Waals surface area contributed by atoms with Gasteiger partial charge in [0.1, 0.15) is 6.54 Å². The summed E-state index contributed by atoms with van der Waals surface area (Å²) in [7, 11) is 0. The summed E-state index contributed by atoms with van der Waals surface area (Å²) in [6.07, 6.45) is 7.28. The van der Waals surface area contributed by atoms with E-state index in [1.165, 1.54) is 12.8 Å². The normalized spacial score (nSPS) is 15.7. The second-order valence-corrected chi connectivity index (χ2v) is 11.6. The number of nitrogens with one attached hydrogen (secondary N) is 1. The number of aromatic nitrogens is 3. The lowest BCUT2D eigenvalue weighted by Crippen LogP contribution is -2.50. The van der Waals surface area contributed by atoms with Crippen molar-refractivity contribution in [2.45, 2.75) is 59.0 Å². The number of carbonyl (C=O) groups excluding carboxylic acids is 3. The third kappa shape index (κ3) is 5.61. The lowest BCUT2D eigenvalue weighted by molar-refractivity contribution is -0.133. The molecule has 1 aliphatic carbocycles. The van der Waals surface area contributed by atoms with Gasteiger partial charge in [0.15, 0.2) is 5.78 Å². The van der Waals surface area contributed by atoms with Crippen LogP contribution >= 0.6 is 0 Å². The van der Waals surface area contributed by atoms with Gasteiger partial charge in [0.2, 0.25) is 5.91 Å². The molecule has 1 saturated heterocycles. The van der Waals surface area contributed by atoms with Crippen LogP contribution in [0.25, 0.3) is 16.6 Å². The molecule has 2 fully saturated rings. The van der Waals surface area contributed by atoms with Gasteiger partial charge in [-0.1, -0.05) is 18.6 Å². The van der Waals surface area contributed by atoms with E-state index in [1.807, 2.05) is 72.7 Å². The first kappa shape index (κ1) is 27.9. The number of ketones is 1. The predicted octanol–water partition coefficient (Wildman–Crippen LogP) is 4.99. The average molecular weight is 567 g/mol. The Balaban J connectivity index is 1.17. The van der Waals surface area contributed by atoms with Gasteiger partial charge in [-0.2, -0.15) is 5.10 Å². The second kappa shape index (κ2) is 11.6. The maximum atomic E-state index is 13.5. The number of fused-ring (bicyclic) bond motifs is 1. The zero-order valence-corrected chi connectivity index (χ0v) is 24.6. The number of Topliss-reactive ketones (excluding diaryl/α,β-unsaturated/α-hetero) is 1. The van der Waals surface area contributed by atoms with Gasteiger partial charge in [-0.25, -0.2) is 4.68 Å².